The van der Waals surface area contributed by atoms with Crippen LogP contribution in [-0.4, -0.2) is 31.6 Å². The molecular formula is C20H17F3N4O. The van der Waals surface area contributed by atoms with Crippen LogP contribution in [0.25, 0.3) is 5.69 Å². The molecule has 0 aliphatic heterocycles. The molecule has 1 aliphatic carbocycles. The van der Waals surface area contributed by atoms with E-state index in [1.54, 1.807) is 6.92 Å². The molecule has 0 spiro atoms. The van der Waals surface area contributed by atoms with Crippen LogP contribution in [0.3, 0.4) is 0 Å². The van der Waals surface area contributed by atoms with Gasteiger partial charge in [-0.3, -0.25) is 4.79 Å². The smallest absolute Gasteiger partial charge is 0.294 e. The maximum Gasteiger partial charge on any atom is 0.294 e. The Morgan fingerprint density at radius 1 is 1.11 bits per heavy atom. The van der Waals surface area contributed by atoms with Gasteiger partial charge in [-0.15, -0.1) is 5.10 Å². The average Bonchev–Trinajstić information content (AvgIpc) is 3.43. The third-order valence-corrected chi connectivity index (χ3v) is 4.64. The van der Waals surface area contributed by atoms with Crippen molar-refractivity contribution in [2.75, 3.05) is 0 Å². The van der Waals surface area contributed by atoms with Crippen molar-refractivity contribution >= 4 is 5.91 Å². The fourth-order valence-corrected chi connectivity index (χ4v) is 3.02. The van der Waals surface area contributed by atoms with Crippen LogP contribution in [0, 0.1) is 24.4 Å². The first-order valence-electron chi connectivity index (χ1n) is 8.87. The van der Waals surface area contributed by atoms with Crippen LogP contribution >= 0.6 is 0 Å². The highest BCUT2D eigenvalue weighted by Gasteiger charge is 2.35. The summed E-state index contributed by atoms with van der Waals surface area (Å²) in [6.45, 7) is 1.70. The molecule has 1 aliphatic rings. The molecule has 0 unspecified atom stereocenters. The number of carbonyl (C=O) groups excluding carboxylic acids is 1. The van der Waals surface area contributed by atoms with Gasteiger partial charge in [-0.2, -0.15) is 0 Å². The zero-order valence-corrected chi connectivity index (χ0v) is 15.1. The molecule has 1 amide bonds. The average molecular weight is 386 g/mol. The minimum atomic E-state index is -0.695. The van der Waals surface area contributed by atoms with E-state index in [1.165, 1.54) is 46.0 Å². The summed E-state index contributed by atoms with van der Waals surface area (Å²) in [5.74, 6) is -1.70. The van der Waals surface area contributed by atoms with Crippen LogP contribution in [0.1, 0.15) is 34.8 Å². The molecule has 5 nitrogen and oxygen atoms in total. The number of halogens is 3. The molecule has 1 heterocycles. The van der Waals surface area contributed by atoms with Crippen LogP contribution in [-0.2, 0) is 6.54 Å². The highest BCUT2D eigenvalue weighted by atomic mass is 19.1. The minimum Gasteiger partial charge on any atom is -0.328 e. The van der Waals surface area contributed by atoms with E-state index < -0.39 is 17.5 Å². The number of aromatic nitrogens is 3. The van der Waals surface area contributed by atoms with Gasteiger partial charge in [0.2, 0.25) is 5.82 Å². The van der Waals surface area contributed by atoms with Gasteiger partial charge in [0.15, 0.2) is 0 Å². The molecule has 0 atom stereocenters. The molecule has 0 radical (unpaired) electrons. The van der Waals surface area contributed by atoms with Crippen molar-refractivity contribution < 1.29 is 18.0 Å². The van der Waals surface area contributed by atoms with Crippen LogP contribution in [0.15, 0.2) is 42.5 Å². The molecule has 8 heteroatoms. The van der Waals surface area contributed by atoms with E-state index in [-0.39, 0.29) is 29.8 Å². The second-order valence-corrected chi connectivity index (χ2v) is 6.77. The number of aryl methyl sites for hydroxylation is 1. The standard InChI is InChI=1S/C20H17F3N4O/c1-12-24-19(25-27(12)17-6-4-14(21)5-7-17)20(28)26(16-8-9-16)11-13-2-3-15(22)10-18(13)23/h2-7,10,16H,8-9,11H2,1H3. The lowest BCUT2D eigenvalue weighted by molar-refractivity contribution is 0.0715. The van der Waals surface area contributed by atoms with Gasteiger partial charge in [0, 0.05) is 24.2 Å². The Labute approximate surface area is 159 Å². The number of carbonyl (C=O) groups is 1. The summed E-state index contributed by atoms with van der Waals surface area (Å²) in [5.41, 5.74) is 0.810. The molecule has 1 aromatic heterocycles. The van der Waals surface area contributed by atoms with E-state index in [4.69, 9.17) is 0 Å². The van der Waals surface area contributed by atoms with E-state index in [2.05, 4.69) is 10.1 Å². The van der Waals surface area contributed by atoms with Gasteiger partial charge in [0.1, 0.15) is 23.3 Å². The Morgan fingerprint density at radius 3 is 2.43 bits per heavy atom. The Kier molecular flexibility index (Phi) is 4.62. The third-order valence-electron chi connectivity index (χ3n) is 4.64. The number of rotatable bonds is 5. The summed E-state index contributed by atoms with van der Waals surface area (Å²) in [6.07, 6.45) is 1.62. The number of amides is 1. The Morgan fingerprint density at radius 2 is 1.79 bits per heavy atom. The fraction of sp³-hybridized carbons (Fsp3) is 0.250. The van der Waals surface area contributed by atoms with Gasteiger partial charge in [-0.25, -0.2) is 22.8 Å². The first-order valence-corrected chi connectivity index (χ1v) is 8.87. The highest BCUT2D eigenvalue weighted by Crippen LogP contribution is 2.30. The highest BCUT2D eigenvalue weighted by molar-refractivity contribution is 5.91. The summed E-state index contributed by atoms with van der Waals surface area (Å²) >= 11 is 0. The minimum absolute atomic E-state index is 0.0136. The van der Waals surface area contributed by atoms with E-state index in [1.807, 2.05) is 0 Å². The van der Waals surface area contributed by atoms with Crippen LogP contribution in [0.2, 0.25) is 0 Å². The molecule has 144 valence electrons. The summed E-state index contributed by atoms with van der Waals surface area (Å²) in [5, 5.41) is 4.26. The molecule has 0 saturated heterocycles. The van der Waals surface area contributed by atoms with Gasteiger partial charge in [-0.05, 0) is 50.1 Å². The van der Waals surface area contributed by atoms with Crippen molar-refractivity contribution in [1.29, 1.82) is 0 Å². The van der Waals surface area contributed by atoms with Gasteiger partial charge in [0.05, 0.1) is 5.69 Å². The maximum atomic E-state index is 14.0. The molecule has 2 aromatic carbocycles. The first-order chi connectivity index (χ1) is 13.4. The van der Waals surface area contributed by atoms with Crippen molar-refractivity contribution in [3.63, 3.8) is 0 Å². The SMILES string of the molecule is Cc1nc(C(=O)N(Cc2ccc(F)cc2F)C2CC2)nn1-c1ccc(F)cc1. The van der Waals surface area contributed by atoms with Gasteiger partial charge in [-0.1, -0.05) is 6.07 Å². The topological polar surface area (TPSA) is 51.0 Å². The van der Waals surface area contributed by atoms with E-state index in [9.17, 15) is 18.0 Å². The number of hydrogen-bond acceptors (Lipinski definition) is 3. The van der Waals surface area contributed by atoms with Crippen molar-refractivity contribution in [2.45, 2.75) is 32.4 Å². The zero-order chi connectivity index (χ0) is 19.8. The molecule has 1 saturated carbocycles. The molecule has 1 fully saturated rings. The Balaban J connectivity index is 1.61. The second-order valence-electron chi connectivity index (χ2n) is 6.77. The lowest BCUT2D eigenvalue weighted by atomic mass is 10.2. The van der Waals surface area contributed by atoms with Crippen molar-refractivity contribution in [2.24, 2.45) is 0 Å². The van der Waals surface area contributed by atoms with Gasteiger partial charge in [0.25, 0.3) is 5.91 Å². The van der Waals surface area contributed by atoms with Crippen LogP contribution < -0.4 is 0 Å². The molecule has 3 aromatic rings. The third kappa shape index (κ3) is 3.62. The number of benzene rings is 2. The summed E-state index contributed by atoms with van der Waals surface area (Å²) in [6, 6.07) is 8.96. The van der Waals surface area contributed by atoms with E-state index >= 15 is 0 Å². The quantitative estimate of drug-likeness (QED) is 0.670. The van der Waals surface area contributed by atoms with E-state index in [0.717, 1.165) is 18.9 Å². The molecular weight excluding hydrogens is 369 g/mol. The van der Waals surface area contributed by atoms with Crippen LogP contribution in [0.5, 0.6) is 0 Å². The predicted molar refractivity (Wildman–Crippen MR) is 95.3 cm³/mol. The fourth-order valence-electron chi connectivity index (χ4n) is 3.02. The number of hydrogen-bond donors (Lipinski definition) is 0. The van der Waals surface area contributed by atoms with Crippen molar-refractivity contribution in [1.82, 2.24) is 19.7 Å². The Hall–Kier alpha value is -3.16. The zero-order valence-electron chi connectivity index (χ0n) is 15.1. The second kappa shape index (κ2) is 7.10. The normalized spacial score (nSPS) is 13.6. The molecule has 0 bridgehead atoms. The maximum absolute atomic E-state index is 14.0. The summed E-state index contributed by atoms with van der Waals surface area (Å²) < 4.78 is 41.8. The lowest BCUT2D eigenvalue weighted by Gasteiger charge is -2.21. The molecule has 4 rings (SSSR count). The van der Waals surface area contributed by atoms with Crippen molar-refractivity contribution in [3.05, 3.63) is 77.1 Å². The predicted octanol–water partition coefficient (Wildman–Crippen LogP) is 3.80. The molecule has 0 N–H and O–H groups in total. The summed E-state index contributed by atoms with van der Waals surface area (Å²) in [4.78, 5) is 18.7. The van der Waals surface area contributed by atoms with Gasteiger partial charge < -0.3 is 4.90 Å². The Bertz CT molecular complexity index is 1030. The summed E-state index contributed by atoms with van der Waals surface area (Å²) in [7, 11) is 0. The van der Waals surface area contributed by atoms with Crippen LogP contribution in [0.4, 0.5) is 13.2 Å². The van der Waals surface area contributed by atoms with Crippen molar-refractivity contribution in [3.8, 4) is 5.69 Å². The largest absolute Gasteiger partial charge is 0.328 e. The monoisotopic (exact) mass is 386 g/mol. The lowest BCUT2D eigenvalue weighted by Crippen LogP contribution is -2.33. The molecule has 28 heavy (non-hydrogen) atoms. The van der Waals surface area contributed by atoms with E-state index in [0.29, 0.717) is 11.5 Å². The first kappa shape index (κ1) is 18.2. The van der Waals surface area contributed by atoms with Gasteiger partial charge >= 0.3 is 0 Å². The number of nitrogens with zero attached hydrogens (tertiary/aromatic N) is 4.